The van der Waals surface area contributed by atoms with Crippen molar-refractivity contribution < 1.29 is 31.1 Å². The molecule has 0 aromatic rings. The van der Waals surface area contributed by atoms with Crippen molar-refractivity contribution >= 4 is 15.9 Å². The molecule has 1 aliphatic rings. The van der Waals surface area contributed by atoms with Gasteiger partial charge in [-0.25, -0.2) is 13.2 Å². The van der Waals surface area contributed by atoms with Crippen molar-refractivity contribution in [2.75, 3.05) is 18.8 Å². The number of hydrogen-bond donors (Lipinski definition) is 0. The maximum Gasteiger partial charge on any atom is 0.410 e. The van der Waals surface area contributed by atoms with Crippen molar-refractivity contribution in [3.8, 4) is 6.07 Å². The lowest BCUT2D eigenvalue weighted by Crippen LogP contribution is -2.45. The Morgan fingerprint density at radius 1 is 1.28 bits per heavy atom. The van der Waals surface area contributed by atoms with Gasteiger partial charge in [-0.3, -0.25) is 0 Å². The van der Waals surface area contributed by atoms with Crippen LogP contribution in [0.5, 0.6) is 0 Å². The van der Waals surface area contributed by atoms with E-state index in [-0.39, 0.29) is 25.9 Å². The first kappa shape index (κ1) is 21.5. The highest BCUT2D eigenvalue weighted by molar-refractivity contribution is 7.92. The van der Waals surface area contributed by atoms with Gasteiger partial charge in [0, 0.05) is 13.1 Å². The fourth-order valence-electron chi connectivity index (χ4n) is 2.58. The van der Waals surface area contributed by atoms with Gasteiger partial charge in [0.05, 0.1) is 18.2 Å². The van der Waals surface area contributed by atoms with Gasteiger partial charge in [-0.05, 0) is 39.5 Å². The molecule has 25 heavy (non-hydrogen) atoms. The minimum Gasteiger partial charge on any atom is -0.444 e. The fourth-order valence-corrected chi connectivity index (χ4v) is 4.36. The summed E-state index contributed by atoms with van der Waals surface area (Å²) < 4.78 is 66.2. The molecule has 0 radical (unpaired) electrons. The van der Waals surface area contributed by atoms with Gasteiger partial charge in [-0.2, -0.15) is 18.4 Å². The molecule has 6 nitrogen and oxygen atoms in total. The van der Waals surface area contributed by atoms with Gasteiger partial charge in [-0.1, -0.05) is 0 Å². The van der Waals surface area contributed by atoms with E-state index in [1.807, 2.05) is 0 Å². The molecule has 1 saturated heterocycles. The van der Waals surface area contributed by atoms with Crippen LogP contribution in [0.4, 0.5) is 18.0 Å². The first-order valence-corrected chi connectivity index (χ1v) is 9.62. The molecule has 0 N–H and O–H groups in total. The van der Waals surface area contributed by atoms with Crippen LogP contribution in [0.2, 0.25) is 0 Å². The monoisotopic (exact) mass is 384 g/mol. The average Bonchev–Trinajstić information content (AvgIpc) is 2.44. The minimum absolute atomic E-state index is 0.201. The molecule has 0 bridgehead atoms. The Morgan fingerprint density at radius 3 is 2.20 bits per heavy atom. The Bertz CT molecular complexity index is 612. The molecule has 1 atom stereocenters. The average molecular weight is 384 g/mol. The van der Waals surface area contributed by atoms with E-state index < -0.39 is 51.0 Å². The predicted octanol–water partition coefficient (Wildman–Crippen LogP) is 2.89. The molecule has 1 amide bonds. The van der Waals surface area contributed by atoms with Gasteiger partial charge in [0.1, 0.15) is 5.60 Å². The van der Waals surface area contributed by atoms with Crippen LogP contribution in [0, 0.1) is 17.2 Å². The highest BCUT2D eigenvalue weighted by atomic mass is 32.2. The number of nitriles is 1. The Labute approximate surface area is 145 Å². The SMILES string of the molecule is CC(C)(C)OC(=O)N1CCC(C(C#N)S(=O)(=O)CCC(F)(F)F)CC1. The molecule has 1 heterocycles. The second kappa shape index (κ2) is 7.81. The number of nitrogens with zero attached hydrogens (tertiary/aromatic N) is 2. The van der Waals surface area contributed by atoms with Crippen molar-refractivity contribution in [3.63, 3.8) is 0 Å². The Balaban J connectivity index is 2.68. The highest BCUT2D eigenvalue weighted by Crippen LogP contribution is 2.28. The molecule has 1 aliphatic heterocycles. The van der Waals surface area contributed by atoms with Crippen LogP contribution in [0.25, 0.3) is 0 Å². The number of carbonyl (C=O) groups excluding carboxylic acids is 1. The zero-order valence-electron chi connectivity index (χ0n) is 14.5. The number of likely N-dealkylation sites (tertiary alicyclic amines) is 1. The smallest absolute Gasteiger partial charge is 0.410 e. The third kappa shape index (κ3) is 7.10. The lowest BCUT2D eigenvalue weighted by Gasteiger charge is -2.34. The Kier molecular flexibility index (Phi) is 6.73. The summed E-state index contributed by atoms with van der Waals surface area (Å²) in [6, 6.07) is 1.64. The second-order valence-corrected chi connectivity index (χ2v) is 9.33. The normalized spacial score (nSPS) is 18.5. The molecule has 0 aliphatic carbocycles. The van der Waals surface area contributed by atoms with E-state index in [1.54, 1.807) is 26.8 Å². The van der Waals surface area contributed by atoms with Crippen LogP contribution >= 0.6 is 0 Å². The van der Waals surface area contributed by atoms with E-state index in [0.717, 1.165) is 0 Å². The first-order valence-electron chi connectivity index (χ1n) is 7.91. The molecule has 0 aromatic carbocycles. The standard InChI is InChI=1S/C15H23F3N2O4S/c1-14(2,3)24-13(21)20-7-4-11(5-8-20)12(10-19)25(22,23)9-6-15(16,17)18/h11-12H,4-9H2,1-3H3. The van der Waals surface area contributed by atoms with Crippen molar-refractivity contribution in [1.82, 2.24) is 4.90 Å². The van der Waals surface area contributed by atoms with Gasteiger partial charge in [0.25, 0.3) is 0 Å². The van der Waals surface area contributed by atoms with Gasteiger partial charge < -0.3 is 9.64 Å². The zero-order chi connectivity index (χ0) is 19.5. The Hall–Kier alpha value is -1.50. The predicted molar refractivity (Wildman–Crippen MR) is 84.4 cm³/mol. The molecule has 10 heteroatoms. The van der Waals surface area contributed by atoms with Crippen LogP contribution in [-0.2, 0) is 14.6 Å². The largest absolute Gasteiger partial charge is 0.444 e. The number of amides is 1. The van der Waals surface area contributed by atoms with E-state index in [1.165, 1.54) is 4.90 Å². The lowest BCUT2D eigenvalue weighted by molar-refractivity contribution is -0.130. The van der Waals surface area contributed by atoms with Crippen LogP contribution in [0.1, 0.15) is 40.0 Å². The molecule has 0 saturated carbocycles. The number of sulfone groups is 1. The maximum absolute atomic E-state index is 12.3. The summed E-state index contributed by atoms with van der Waals surface area (Å²) in [5, 5.41) is 7.67. The van der Waals surface area contributed by atoms with E-state index in [9.17, 15) is 26.4 Å². The summed E-state index contributed by atoms with van der Waals surface area (Å²) >= 11 is 0. The van der Waals surface area contributed by atoms with Gasteiger partial charge >= 0.3 is 12.3 Å². The molecule has 144 valence electrons. The zero-order valence-corrected chi connectivity index (χ0v) is 15.3. The molecule has 1 rings (SSSR count). The first-order chi connectivity index (χ1) is 11.2. The molecular weight excluding hydrogens is 361 g/mol. The summed E-state index contributed by atoms with van der Waals surface area (Å²) in [5.74, 6) is -1.69. The lowest BCUT2D eigenvalue weighted by atomic mass is 9.94. The summed E-state index contributed by atoms with van der Waals surface area (Å²) in [6.07, 6.45) is -6.14. The quantitative estimate of drug-likeness (QED) is 0.744. The number of rotatable bonds is 4. The molecule has 1 fully saturated rings. The van der Waals surface area contributed by atoms with Gasteiger partial charge in [0.15, 0.2) is 15.1 Å². The maximum atomic E-state index is 12.3. The third-order valence-corrected chi connectivity index (χ3v) is 5.84. The van der Waals surface area contributed by atoms with E-state index >= 15 is 0 Å². The highest BCUT2D eigenvalue weighted by Gasteiger charge is 2.39. The molecule has 1 unspecified atom stereocenters. The molecule has 0 spiro atoms. The van der Waals surface area contributed by atoms with E-state index in [4.69, 9.17) is 10.00 Å². The van der Waals surface area contributed by atoms with Crippen LogP contribution < -0.4 is 0 Å². The van der Waals surface area contributed by atoms with Crippen LogP contribution in [0.3, 0.4) is 0 Å². The second-order valence-electron chi connectivity index (χ2n) is 7.09. The van der Waals surface area contributed by atoms with Gasteiger partial charge in [-0.15, -0.1) is 0 Å². The summed E-state index contributed by atoms with van der Waals surface area (Å²) in [5.41, 5.74) is -0.663. The van der Waals surface area contributed by atoms with Crippen molar-refractivity contribution in [2.24, 2.45) is 5.92 Å². The molecular formula is C15H23F3N2O4S. The number of ether oxygens (including phenoxy) is 1. The summed E-state index contributed by atoms with van der Waals surface area (Å²) in [6.45, 7) is 5.56. The van der Waals surface area contributed by atoms with Crippen molar-refractivity contribution in [2.45, 2.75) is 57.1 Å². The summed E-state index contributed by atoms with van der Waals surface area (Å²) in [7, 11) is -4.19. The van der Waals surface area contributed by atoms with Crippen LogP contribution in [-0.4, -0.2) is 55.3 Å². The Morgan fingerprint density at radius 2 is 1.80 bits per heavy atom. The minimum atomic E-state index is -4.59. The van der Waals surface area contributed by atoms with Crippen molar-refractivity contribution in [3.05, 3.63) is 0 Å². The number of piperidine rings is 1. The number of halogens is 3. The van der Waals surface area contributed by atoms with Crippen molar-refractivity contribution in [1.29, 1.82) is 5.26 Å². The fraction of sp³-hybridized carbons (Fsp3) is 0.867. The van der Waals surface area contributed by atoms with E-state index in [0.29, 0.717) is 0 Å². The summed E-state index contributed by atoms with van der Waals surface area (Å²) in [4.78, 5) is 13.4. The molecule has 0 aromatic heterocycles. The van der Waals surface area contributed by atoms with E-state index in [2.05, 4.69) is 0 Å². The topological polar surface area (TPSA) is 87.5 Å². The van der Waals surface area contributed by atoms with Crippen LogP contribution in [0.15, 0.2) is 0 Å². The number of alkyl halides is 3. The number of hydrogen-bond acceptors (Lipinski definition) is 5. The third-order valence-electron chi connectivity index (χ3n) is 3.80. The number of carbonyl (C=O) groups is 1. The van der Waals surface area contributed by atoms with Gasteiger partial charge in [0.2, 0.25) is 0 Å².